The van der Waals surface area contributed by atoms with Crippen molar-refractivity contribution in [3.63, 3.8) is 0 Å². The van der Waals surface area contributed by atoms with Gasteiger partial charge in [-0.25, -0.2) is 0 Å². The molecule has 1 aromatic rings. The third-order valence-corrected chi connectivity index (χ3v) is 3.94. The topological polar surface area (TPSA) is 38.0 Å². The van der Waals surface area contributed by atoms with Crippen molar-refractivity contribution in [1.82, 2.24) is 0 Å². The maximum Gasteiger partial charge on any atom is 0.0637 e. The van der Waals surface area contributed by atoms with Crippen LogP contribution >= 0.6 is 11.6 Å². The van der Waals surface area contributed by atoms with Crippen molar-refractivity contribution in [2.45, 2.75) is 31.7 Å². The minimum atomic E-state index is 0.0327. The molecule has 1 saturated carbocycles. The van der Waals surface area contributed by atoms with Gasteiger partial charge in [0.15, 0.2) is 0 Å². The number of hydrogen-bond donors (Lipinski definition) is 2. The summed E-state index contributed by atoms with van der Waals surface area (Å²) in [5.41, 5.74) is 6.99. The Balaban J connectivity index is 2.20. The summed E-state index contributed by atoms with van der Waals surface area (Å²) < 4.78 is 0. The van der Waals surface area contributed by atoms with E-state index in [-0.39, 0.29) is 5.54 Å². The molecule has 0 bridgehead atoms. The highest BCUT2D eigenvalue weighted by Gasteiger charge is 2.43. The lowest BCUT2D eigenvalue weighted by molar-refractivity contribution is 0.404. The van der Waals surface area contributed by atoms with Gasteiger partial charge < -0.3 is 11.1 Å². The smallest absolute Gasteiger partial charge is 0.0637 e. The Morgan fingerprint density at radius 1 is 1.44 bits per heavy atom. The minimum Gasteiger partial charge on any atom is -0.377 e. The number of halogens is 1. The van der Waals surface area contributed by atoms with Gasteiger partial charge >= 0.3 is 0 Å². The molecule has 3 heteroatoms. The summed E-state index contributed by atoms with van der Waals surface area (Å²) in [7, 11) is 0. The fourth-order valence-corrected chi connectivity index (χ4v) is 2.49. The van der Waals surface area contributed by atoms with Crippen LogP contribution in [0.5, 0.6) is 0 Å². The Morgan fingerprint density at radius 3 is 2.62 bits per heavy atom. The molecule has 0 radical (unpaired) electrons. The average molecular weight is 239 g/mol. The molecule has 0 amide bonds. The third kappa shape index (κ3) is 2.18. The summed E-state index contributed by atoms with van der Waals surface area (Å²) in [6.07, 6.45) is 3.60. The molecular formula is C13H19ClN2. The van der Waals surface area contributed by atoms with Crippen molar-refractivity contribution >= 4 is 17.3 Å². The molecule has 3 N–H and O–H groups in total. The average Bonchev–Trinajstić information content (AvgIpc) is 3.13. The number of nitrogens with two attached hydrogens (primary N) is 1. The number of rotatable bonds is 5. The zero-order valence-corrected chi connectivity index (χ0v) is 10.4. The molecule has 0 spiro atoms. The first-order valence-electron chi connectivity index (χ1n) is 5.94. The van der Waals surface area contributed by atoms with Gasteiger partial charge in [-0.3, -0.25) is 0 Å². The van der Waals surface area contributed by atoms with E-state index in [1.54, 1.807) is 0 Å². The monoisotopic (exact) mass is 238 g/mol. The Bertz CT molecular complexity index is 357. The van der Waals surface area contributed by atoms with E-state index in [9.17, 15) is 0 Å². The lowest BCUT2D eigenvalue weighted by atomic mass is 9.89. The summed E-state index contributed by atoms with van der Waals surface area (Å²) in [6, 6.07) is 7.87. The van der Waals surface area contributed by atoms with E-state index in [0.717, 1.165) is 17.1 Å². The molecule has 0 saturated heterocycles. The lowest BCUT2D eigenvalue weighted by Gasteiger charge is -2.34. The van der Waals surface area contributed by atoms with Gasteiger partial charge in [-0.1, -0.05) is 30.7 Å². The van der Waals surface area contributed by atoms with E-state index in [0.29, 0.717) is 12.5 Å². The van der Waals surface area contributed by atoms with Crippen molar-refractivity contribution in [2.75, 3.05) is 11.9 Å². The van der Waals surface area contributed by atoms with Crippen LogP contribution in [0.4, 0.5) is 5.69 Å². The Hall–Kier alpha value is -0.730. The Labute approximate surface area is 102 Å². The molecule has 0 aromatic heterocycles. The van der Waals surface area contributed by atoms with Gasteiger partial charge in [0.05, 0.1) is 16.2 Å². The van der Waals surface area contributed by atoms with E-state index < -0.39 is 0 Å². The van der Waals surface area contributed by atoms with Gasteiger partial charge in [0.2, 0.25) is 0 Å². The van der Waals surface area contributed by atoms with Gasteiger partial charge in [-0.05, 0) is 37.3 Å². The number of nitrogens with one attached hydrogen (secondary N) is 1. The van der Waals surface area contributed by atoms with Gasteiger partial charge in [0, 0.05) is 6.54 Å². The third-order valence-electron chi connectivity index (χ3n) is 3.61. The van der Waals surface area contributed by atoms with Crippen LogP contribution in [0.25, 0.3) is 0 Å². The van der Waals surface area contributed by atoms with Crippen LogP contribution in [0.2, 0.25) is 5.02 Å². The number of para-hydroxylation sites is 1. The van der Waals surface area contributed by atoms with E-state index in [2.05, 4.69) is 12.2 Å². The molecule has 16 heavy (non-hydrogen) atoms. The fraction of sp³-hybridized carbons (Fsp3) is 0.538. The Kier molecular flexibility index (Phi) is 3.41. The summed E-state index contributed by atoms with van der Waals surface area (Å²) >= 11 is 6.17. The molecule has 2 rings (SSSR count). The van der Waals surface area contributed by atoms with Crippen LogP contribution in [0.15, 0.2) is 24.3 Å². The molecule has 1 aliphatic carbocycles. The van der Waals surface area contributed by atoms with Crippen LogP contribution in [0, 0.1) is 5.92 Å². The largest absolute Gasteiger partial charge is 0.377 e. The minimum absolute atomic E-state index is 0.0327. The molecule has 2 nitrogen and oxygen atoms in total. The molecule has 1 aliphatic rings. The van der Waals surface area contributed by atoms with E-state index in [4.69, 9.17) is 17.3 Å². The van der Waals surface area contributed by atoms with Crippen LogP contribution in [0.1, 0.15) is 26.2 Å². The number of anilines is 1. The van der Waals surface area contributed by atoms with Crippen molar-refractivity contribution in [2.24, 2.45) is 11.7 Å². The standard InChI is InChI=1S/C13H19ClN2/c1-2-13(9-15,10-7-8-10)16-12-6-4-3-5-11(12)14/h3-6,10,16H,2,7-9,15H2,1H3. The molecule has 1 aromatic carbocycles. The first-order chi connectivity index (χ1) is 7.72. The van der Waals surface area contributed by atoms with Crippen LogP contribution in [0.3, 0.4) is 0 Å². The highest BCUT2D eigenvalue weighted by molar-refractivity contribution is 6.33. The fourth-order valence-electron chi connectivity index (χ4n) is 2.31. The van der Waals surface area contributed by atoms with Crippen LogP contribution in [-0.4, -0.2) is 12.1 Å². The molecule has 88 valence electrons. The summed E-state index contributed by atoms with van der Waals surface area (Å²) in [4.78, 5) is 0. The maximum atomic E-state index is 6.17. The van der Waals surface area contributed by atoms with E-state index in [1.807, 2.05) is 24.3 Å². The predicted octanol–water partition coefficient (Wildman–Crippen LogP) is 3.27. The predicted molar refractivity (Wildman–Crippen MR) is 69.9 cm³/mol. The number of benzene rings is 1. The molecular weight excluding hydrogens is 220 g/mol. The molecule has 0 aliphatic heterocycles. The molecule has 1 unspecified atom stereocenters. The second kappa shape index (κ2) is 4.64. The highest BCUT2D eigenvalue weighted by Crippen LogP contribution is 2.43. The van der Waals surface area contributed by atoms with Crippen LogP contribution < -0.4 is 11.1 Å². The van der Waals surface area contributed by atoms with Gasteiger partial charge in [-0.15, -0.1) is 0 Å². The van der Waals surface area contributed by atoms with Crippen molar-refractivity contribution in [3.05, 3.63) is 29.3 Å². The first-order valence-corrected chi connectivity index (χ1v) is 6.32. The van der Waals surface area contributed by atoms with Gasteiger partial charge in [0.1, 0.15) is 0 Å². The zero-order valence-electron chi connectivity index (χ0n) is 9.67. The molecule has 0 heterocycles. The highest BCUT2D eigenvalue weighted by atomic mass is 35.5. The van der Waals surface area contributed by atoms with Gasteiger partial charge in [0.25, 0.3) is 0 Å². The van der Waals surface area contributed by atoms with Gasteiger partial charge in [-0.2, -0.15) is 0 Å². The number of hydrogen-bond acceptors (Lipinski definition) is 2. The molecule has 1 fully saturated rings. The first kappa shape index (κ1) is 11.7. The zero-order chi connectivity index (χ0) is 11.6. The van der Waals surface area contributed by atoms with Crippen molar-refractivity contribution in [3.8, 4) is 0 Å². The normalized spacial score (nSPS) is 19.2. The maximum absolute atomic E-state index is 6.17. The lowest BCUT2D eigenvalue weighted by Crippen LogP contribution is -2.47. The Morgan fingerprint density at radius 2 is 2.12 bits per heavy atom. The summed E-state index contributed by atoms with van der Waals surface area (Å²) in [5.74, 6) is 0.707. The van der Waals surface area contributed by atoms with Crippen LogP contribution in [-0.2, 0) is 0 Å². The van der Waals surface area contributed by atoms with E-state index >= 15 is 0 Å². The summed E-state index contributed by atoms with van der Waals surface area (Å²) in [5, 5.41) is 4.34. The second-order valence-corrected chi connectivity index (χ2v) is 5.00. The second-order valence-electron chi connectivity index (χ2n) is 4.59. The van der Waals surface area contributed by atoms with Crippen molar-refractivity contribution in [1.29, 1.82) is 0 Å². The molecule has 1 atom stereocenters. The van der Waals surface area contributed by atoms with E-state index in [1.165, 1.54) is 12.8 Å². The SMILES string of the molecule is CCC(CN)(Nc1ccccc1Cl)C1CC1. The summed E-state index contributed by atoms with van der Waals surface area (Å²) in [6.45, 7) is 2.86. The quantitative estimate of drug-likeness (QED) is 0.826. The van der Waals surface area contributed by atoms with Crippen molar-refractivity contribution < 1.29 is 0 Å².